The molecule has 0 saturated heterocycles. The van der Waals surface area contributed by atoms with E-state index in [-0.39, 0.29) is 0 Å². The maximum Gasteiger partial charge on any atom is 0.202 e. The second kappa shape index (κ2) is 12.1. The van der Waals surface area contributed by atoms with Gasteiger partial charge < -0.3 is 13.9 Å². The number of benzene rings is 2. The molecule has 1 N–H and O–H groups in total. The van der Waals surface area contributed by atoms with Gasteiger partial charge in [0.05, 0.1) is 22.7 Å². The van der Waals surface area contributed by atoms with Crippen LogP contribution in [-0.4, -0.2) is 15.7 Å². The molecule has 2 aromatic carbocycles. The maximum absolute atomic E-state index is 8.67. The third kappa shape index (κ3) is 6.29. The fourth-order valence-electron chi connectivity index (χ4n) is 3.40. The zero-order valence-electron chi connectivity index (χ0n) is 18.4. The third-order valence-corrected chi connectivity index (χ3v) is 5.35. The number of hydrogen-bond donors (Lipinski definition) is 1. The molecule has 1 aromatic heterocycles. The number of imidazole rings is 1. The summed E-state index contributed by atoms with van der Waals surface area (Å²) in [5, 5.41) is 9.78. The molecule has 0 fully saturated rings. The minimum atomic E-state index is 0.517. The Kier molecular flexibility index (Phi) is 9.80. The van der Waals surface area contributed by atoms with Gasteiger partial charge in [-0.3, -0.25) is 5.41 Å². The fraction of sp³-hybridized carbons (Fsp3) is 0.458. The van der Waals surface area contributed by atoms with Gasteiger partial charge in [0, 0.05) is 18.1 Å². The molecular formula is C24H33Cl2N3O. The lowest BCUT2D eigenvalue weighted by atomic mass is 10.1. The highest BCUT2D eigenvalue weighted by atomic mass is 35.5. The van der Waals surface area contributed by atoms with E-state index in [1.54, 1.807) is 18.2 Å². The van der Waals surface area contributed by atoms with Crippen molar-refractivity contribution in [1.82, 2.24) is 9.13 Å². The van der Waals surface area contributed by atoms with E-state index in [4.69, 9.17) is 33.3 Å². The first-order valence-corrected chi connectivity index (χ1v) is 11.5. The van der Waals surface area contributed by atoms with Crippen molar-refractivity contribution in [2.24, 2.45) is 5.92 Å². The molecule has 0 atom stereocenters. The number of aryl methyl sites for hydroxylation is 2. The minimum Gasteiger partial charge on any atom is -0.492 e. The van der Waals surface area contributed by atoms with Crippen molar-refractivity contribution in [2.75, 3.05) is 6.61 Å². The summed E-state index contributed by atoms with van der Waals surface area (Å²) in [4.78, 5) is 0. The van der Waals surface area contributed by atoms with Gasteiger partial charge in [-0.25, -0.2) is 0 Å². The Morgan fingerprint density at radius 3 is 2.10 bits per heavy atom. The Hall–Kier alpha value is -1.91. The molecule has 164 valence electrons. The van der Waals surface area contributed by atoms with Crippen molar-refractivity contribution >= 4 is 34.2 Å². The number of hydrogen-bond acceptors (Lipinski definition) is 2. The van der Waals surface area contributed by atoms with Crippen LogP contribution in [0.15, 0.2) is 42.5 Å². The summed E-state index contributed by atoms with van der Waals surface area (Å²) in [7, 11) is 0. The van der Waals surface area contributed by atoms with Gasteiger partial charge in [-0.2, -0.15) is 0 Å². The summed E-state index contributed by atoms with van der Waals surface area (Å²) in [6.07, 6.45) is 3.04. The van der Waals surface area contributed by atoms with E-state index >= 15 is 0 Å². The van der Waals surface area contributed by atoms with Crippen LogP contribution >= 0.6 is 23.2 Å². The summed E-state index contributed by atoms with van der Waals surface area (Å²) < 4.78 is 9.98. The number of halogens is 2. The first kappa shape index (κ1) is 24.4. The van der Waals surface area contributed by atoms with Crippen LogP contribution in [0.3, 0.4) is 0 Å². The number of fused-ring (bicyclic) bond motifs is 1. The zero-order valence-corrected chi connectivity index (χ0v) is 19.9. The molecule has 0 aliphatic carbocycles. The molecule has 0 radical (unpaired) electrons. The number of nitrogens with zero attached hydrogens (tertiary/aromatic N) is 2. The van der Waals surface area contributed by atoms with Crippen LogP contribution in [0.2, 0.25) is 10.0 Å². The summed E-state index contributed by atoms with van der Waals surface area (Å²) >= 11 is 12.1. The molecule has 0 amide bonds. The topological polar surface area (TPSA) is 42.9 Å². The first-order chi connectivity index (χ1) is 14.5. The van der Waals surface area contributed by atoms with Gasteiger partial charge in [0.2, 0.25) is 5.62 Å². The van der Waals surface area contributed by atoms with Crippen molar-refractivity contribution in [3.63, 3.8) is 0 Å². The van der Waals surface area contributed by atoms with Crippen LogP contribution in [0, 0.1) is 11.3 Å². The number of ether oxygens (including phenoxy) is 1. The lowest BCUT2D eigenvalue weighted by Crippen LogP contribution is -2.25. The van der Waals surface area contributed by atoms with E-state index in [9.17, 15) is 0 Å². The Balaban J connectivity index is 0.00000155. The quantitative estimate of drug-likeness (QED) is 0.345. The highest BCUT2D eigenvalue weighted by Crippen LogP contribution is 2.27. The summed E-state index contributed by atoms with van der Waals surface area (Å²) in [5.41, 5.74) is 2.77. The molecule has 0 aliphatic rings. The Morgan fingerprint density at radius 2 is 1.53 bits per heavy atom. The van der Waals surface area contributed by atoms with Crippen LogP contribution in [0.5, 0.6) is 5.75 Å². The SMILES string of the molecule is CC.CC(C)CCCn1c(=N)n(CCCOc2ccc(Cl)cc2Cl)c2ccccc21. The minimum absolute atomic E-state index is 0.517. The highest BCUT2D eigenvalue weighted by Gasteiger charge is 2.10. The molecule has 0 unspecified atom stereocenters. The van der Waals surface area contributed by atoms with Crippen LogP contribution in [-0.2, 0) is 13.1 Å². The fourth-order valence-corrected chi connectivity index (χ4v) is 3.87. The van der Waals surface area contributed by atoms with E-state index in [2.05, 4.69) is 35.1 Å². The van der Waals surface area contributed by atoms with E-state index in [1.807, 2.05) is 26.0 Å². The molecule has 3 rings (SSSR count). The van der Waals surface area contributed by atoms with E-state index in [1.165, 1.54) is 6.42 Å². The second-order valence-electron chi connectivity index (χ2n) is 7.43. The normalized spacial score (nSPS) is 10.9. The van der Waals surface area contributed by atoms with E-state index in [0.717, 1.165) is 37.0 Å². The molecule has 0 aliphatic heterocycles. The molecule has 4 nitrogen and oxygen atoms in total. The van der Waals surface area contributed by atoms with Gasteiger partial charge in [-0.1, -0.05) is 63.0 Å². The summed E-state index contributed by atoms with van der Waals surface area (Å²) in [6, 6.07) is 13.5. The first-order valence-electron chi connectivity index (χ1n) is 10.8. The number of rotatable bonds is 9. The van der Waals surface area contributed by atoms with Crippen molar-refractivity contribution in [3.8, 4) is 5.75 Å². The molecule has 6 heteroatoms. The van der Waals surface area contributed by atoms with Gasteiger partial charge in [0.1, 0.15) is 5.75 Å². The Morgan fingerprint density at radius 1 is 0.933 bits per heavy atom. The Labute approximate surface area is 189 Å². The number of para-hydroxylation sites is 2. The smallest absolute Gasteiger partial charge is 0.202 e. The van der Waals surface area contributed by atoms with Crippen LogP contribution < -0.4 is 10.4 Å². The molecule has 0 saturated carbocycles. The summed E-state index contributed by atoms with van der Waals surface area (Å²) in [6.45, 7) is 10.6. The van der Waals surface area contributed by atoms with Crippen LogP contribution in [0.25, 0.3) is 11.0 Å². The monoisotopic (exact) mass is 449 g/mol. The standard InChI is InChI=1S/C22H27Cl2N3O.C2H6/c1-16(2)7-5-12-26-19-8-3-4-9-20(19)27(22(26)25)13-6-14-28-21-11-10-17(23)15-18(21)24;1-2/h3-4,8-11,15-16,25H,5-7,12-14H2,1-2H3;1-2H3. The van der Waals surface area contributed by atoms with Crippen molar-refractivity contribution in [2.45, 2.75) is 60.0 Å². The van der Waals surface area contributed by atoms with E-state index in [0.29, 0.717) is 33.9 Å². The third-order valence-electron chi connectivity index (χ3n) is 4.82. The molecule has 0 bridgehead atoms. The lowest BCUT2D eigenvalue weighted by molar-refractivity contribution is 0.301. The van der Waals surface area contributed by atoms with E-state index < -0.39 is 0 Å². The lowest BCUT2D eigenvalue weighted by Gasteiger charge is -2.09. The number of aromatic nitrogens is 2. The average molecular weight is 450 g/mol. The van der Waals surface area contributed by atoms with Crippen molar-refractivity contribution in [3.05, 3.63) is 58.1 Å². The highest BCUT2D eigenvalue weighted by molar-refractivity contribution is 6.35. The molecular weight excluding hydrogens is 417 g/mol. The van der Waals surface area contributed by atoms with Crippen LogP contribution in [0.1, 0.15) is 47.0 Å². The van der Waals surface area contributed by atoms with Crippen molar-refractivity contribution in [1.29, 1.82) is 5.41 Å². The molecule has 3 aromatic rings. The van der Waals surface area contributed by atoms with Gasteiger partial charge in [0.25, 0.3) is 0 Å². The second-order valence-corrected chi connectivity index (χ2v) is 8.27. The predicted octanol–water partition coefficient (Wildman–Crippen LogP) is 7.16. The zero-order chi connectivity index (χ0) is 22.1. The van der Waals surface area contributed by atoms with Gasteiger partial charge in [-0.15, -0.1) is 0 Å². The molecule has 0 spiro atoms. The van der Waals surface area contributed by atoms with Crippen LogP contribution in [0.4, 0.5) is 0 Å². The average Bonchev–Trinajstić information content (AvgIpc) is 2.99. The Bertz CT molecular complexity index is 992. The van der Waals surface area contributed by atoms with Crippen molar-refractivity contribution < 1.29 is 4.74 Å². The van der Waals surface area contributed by atoms with Gasteiger partial charge in [0.15, 0.2) is 0 Å². The molecule has 30 heavy (non-hydrogen) atoms. The molecule has 1 heterocycles. The maximum atomic E-state index is 8.67. The van der Waals surface area contributed by atoms with Gasteiger partial charge >= 0.3 is 0 Å². The predicted molar refractivity (Wildman–Crippen MR) is 128 cm³/mol. The van der Waals surface area contributed by atoms with Gasteiger partial charge in [-0.05, 0) is 55.5 Å². The number of nitrogens with one attached hydrogen (secondary N) is 1. The summed E-state index contributed by atoms with van der Waals surface area (Å²) in [5.74, 6) is 1.32. The largest absolute Gasteiger partial charge is 0.492 e.